The SMILES string of the molecule is CC1(C2CCOCC2N)CCCC1. The molecule has 2 nitrogen and oxygen atoms in total. The predicted octanol–water partition coefficient (Wildman–Crippen LogP) is 1.93. The number of ether oxygens (including phenoxy) is 1. The van der Waals surface area contributed by atoms with Crippen molar-refractivity contribution in [2.75, 3.05) is 13.2 Å². The van der Waals surface area contributed by atoms with Crippen LogP contribution in [-0.4, -0.2) is 19.3 Å². The lowest BCUT2D eigenvalue weighted by Crippen LogP contribution is -2.46. The highest BCUT2D eigenvalue weighted by molar-refractivity contribution is 4.93. The van der Waals surface area contributed by atoms with Crippen LogP contribution in [0.4, 0.5) is 0 Å². The average molecular weight is 183 g/mol. The molecule has 2 heteroatoms. The molecule has 2 N–H and O–H groups in total. The van der Waals surface area contributed by atoms with Crippen LogP contribution in [0.15, 0.2) is 0 Å². The van der Waals surface area contributed by atoms with Gasteiger partial charge in [0.05, 0.1) is 6.61 Å². The van der Waals surface area contributed by atoms with Crippen molar-refractivity contribution in [3.05, 3.63) is 0 Å². The summed E-state index contributed by atoms with van der Waals surface area (Å²) in [6, 6.07) is 0.289. The highest BCUT2D eigenvalue weighted by atomic mass is 16.5. The molecule has 2 aliphatic rings. The van der Waals surface area contributed by atoms with E-state index in [4.69, 9.17) is 10.5 Å². The summed E-state index contributed by atoms with van der Waals surface area (Å²) in [5, 5.41) is 0. The minimum atomic E-state index is 0.289. The summed E-state index contributed by atoms with van der Waals surface area (Å²) in [6.45, 7) is 4.13. The number of hydrogen-bond acceptors (Lipinski definition) is 2. The van der Waals surface area contributed by atoms with E-state index in [-0.39, 0.29) is 6.04 Å². The lowest BCUT2D eigenvalue weighted by Gasteiger charge is -2.40. The lowest BCUT2D eigenvalue weighted by molar-refractivity contribution is 0.00110. The van der Waals surface area contributed by atoms with Crippen molar-refractivity contribution in [2.45, 2.75) is 45.1 Å². The van der Waals surface area contributed by atoms with Crippen molar-refractivity contribution >= 4 is 0 Å². The fraction of sp³-hybridized carbons (Fsp3) is 1.00. The Balaban J connectivity index is 2.04. The van der Waals surface area contributed by atoms with Crippen molar-refractivity contribution in [3.8, 4) is 0 Å². The van der Waals surface area contributed by atoms with Gasteiger partial charge in [-0.1, -0.05) is 19.8 Å². The van der Waals surface area contributed by atoms with Crippen molar-refractivity contribution in [3.63, 3.8) is 0 Å². The Hall–Kier alpha value is -0.0800. The Kier molecular flexibility index (Phi) is 2.61. The van der Waals surface area contributed by atoms with Gasteiger partial charge in [-0.05, 0) is 30.6 Å². The van der Waals surface area contributed by atoms with Gasteiger partial charge < -0.3 is 10.5 Å². The second kappa shape index (κ2) is 3.58. The van der Waals surface area contributed by atoms with Gasteiger partial charge in [0.1, 0.15) is 0 Å². The molecule has 76 valence electrons. The van der Waals surface area contributed by atoms with Crippen LogP contribution in [-0.2, 0) is 4.74 Å². The molecule has 2 atom stereocenters. The Labute approximate surface area is 80.8 Å². The molecule has 1 aliphatic carbocycles. The minimum Gasteiger partial charge on any atom is -0.380 e. The van der Waals surface area contributed by atoms with Crippen molar-refractivity contribution in [1.82, 2.24) is 0 Å². The molecule has 0 aromatic carbocycles. The maximum atomic E-state index is 6.12. The monoisotopic (exact) mass is 183 g/mol. The third-order valence-electron chi connectivity index (χ3n) is 4.04. The van der Waals surface area contributed by atoms with E-state index < -0.39 is 0 Å². The molecule has 0 spiro atoms. The number of nitrogens with two attached hydrogens (primary N) is 1. The van der Waals surface area contributed by atoms with Gasteiger partial charge in [-0.2, -0.15) is 0 Å². The summed E-state index contributed by atoms with van der Waals surface area (Å²) in [4.78, 5) is 0. The van der Waals surface area contributed by atoms with Gasteiger partial charge in [-0.3, -0.25) is 0 Å². The van der Waals surface area contributed by atoms with Crippen LogP contribution in [0, 0.1) is 11.3 Å². The quantitative estimate of drug-likeness (QED) is 0.674. The molecule has 13 heavy (non-hydrogen) atoms. The molecular weight excluding hydrogens is 162 g/mol. The first-order valence-corrected chi connectivity index (χ1v) is 5.56. The Bertz CT molecular complexity index is 175. The zero-order valence-corrected chi connectivity index (χ0v) is 8.59. The molecule has 0 amide bonds. The second-order valence-corrected chi connectivity index (χ2v) is 5.00. The smallest absolute Gasteiger partial charge is 0.0620 e. The van der Waals surface area contributed by atoms with Crippen molar-refractivity contribution in [2.24, 2.45) is 17.1 Å². The van der Waals surface area contributed by atoms with E-state index in [0.717, 1.165) is 13.2 Å². The molecular formula is C11H21NO. The molecule has 0 radical (unpaired) electrons. The Morgan fingerprint density at radius 3 is 2.62 bits per heavy atom. The molecule has 2 unspecified atom stereocenters. The van der Waals surface area contributed by atoms with Gasteiger partial charge in [-0.15, -0.1) is 0 Å². The van der Waals surface area contributed by atoms with Crippen LogP contribution in [0.25, 0.3) is 0 Å². The standard InChI is InChI=1S/C11H21NO/c1-11(5-2-3-6-11)9-4-7-13-8-10(9)12/h9-10H,2-8,12H2,1H3. The van der Waals surface area contributed by atoms with Gasteiger partial charge in [0.15, 0.2) is 0 Å². The zero-order valence-electron chi connectivity index (χ0n) is 8.59. The summed E-state index contributed by atoms with van der Waals surface area (Å²) in [7, 11) is 0. The normalized spacial score (nSPS) is 39.2. The van der Waals surface area contributed by atoms with Crippen LogP contribution < -0.4 is 5.73 Å². The molecule has 2 rings (SSSR count). The van der Waals surface area contributed by atoms with Gasteiger partial charge in [0.25, 0.3) is 0 Å². The van der Waals surface area contributed by atoms with Gasteiger partial charge in [0.2, 0.25) is 0 Å². The largest absolute Gasteiger partial charge is 0.380 e. The second-order valence-electron chi connectivity index (χ2n) is 5.00. The molecule has 0 aromatic heterocycles. The Morgan fingerprint density at radius 1 is 1.31 bits per heavy atom. The van der Waals surface area contributed by atoms with Crippen LogP contribution in [0.3, 0.4) is 0 Å². The average Bonchev–Trinajstić information content (AvgIpc) is 2.54. The summed E-state index contributed by atoms with van der Waals surface area (Å²) in [6.07, 6.45) is 6.75. The first kappa shape index (κ1) is 9.47. The third kappa shape index (κ3) is 1.75. The van der Waals surface area contributed by atoms with Crippen molar-refractivity contribution in [1.29, 1.82) is 0 Å². The van der Waals surface area contributed by atoms with Crippen LogP contribution >= 0.6 is 0 Å². The van der Waals surface area contributed by atoms with Crippen molar-refractivity contribution < 1.29 is 4.74 Å². The number of hydrogen-bond donors (Lipinski definition) is 1. The van der Waals surface area contributed by atoms with Crippen LogP contribution in [0.1, 0.15) is 39.0 Å². The molecule has 1 saturated heterocycles. The van der Waals surface area contributed by atoms with E-state index >= 15 is 0 Å². The Morgan fingerprint density at radius 2 is 2.00 bits per heavy atom. The lowest BCUT2D eigenvalue weighted by atomic mass is 9.70. The van der Waals surface area contributed by atoms with E-state index in [0.29, 0.717) is 11.3 Å². The molecule has 0 aromatic rings. The fourth-order valence-corrected chi connectivity index (χ4v) is 3.18. The van der Waals surface area contributed by atoms with Gasteiger partial charge >= 0.3 is 0 Å². The highest BCUT2D eigenvalue weighted by Crippen LogP contribution is 2.47. The molecule has 1 aliphatic heterocycles. The maximum absolute atomic E-state index is 6.12. The van der Waals surface area contributed by atoms with E-state index in [1.54, 1.807) is 0 Å². The summed E-state index contributed by atoms with van der Waals surface area (Å²) >= 11 is 0. The van der Waals surface area contributed by atoms with Gasteiger partial charge in [0, 0.05) is 12.6 Å². The molecule has 1 saturated carbocycles. The van der Waals surface area contributed by atoms with E-state index in [1.165, 1.54) is 32.1 Å². The van der Waals surface area contributed by atoms with E-state index in [2.05, 4.69) is 6.92 Å². The number of rotatable bonds is 1. The molecule has 1 heterocycles. The first-order valence-electron chi connectivity index (χ1n) is 5.56. The first-order chi connectivity index (χ1) is 6.22. The minimum absolute atomic E-state index is 0.289. The molecule has 2 fully saturated rings. The van der Waals surface area contributed by atoms with Crippen LogP contribution in [0.5, 0.6) is 0 Å². The maximum Gasteiger partial charge on any atom is 0.0620 e. The van der Waals surface area contributed by atoms with Gasteiger partial charge in [-0.25, -0.2) is 0 Å². The van der Waals surface area contributed by atoms with E-state index in [1.807, 2.05) is 0 Å². The van der Waals surface area contributed by atoms with Crippen LogP contribution in [0.2, 0.25) is 0 Å². The fourth-order valence-electron chi connectivity index (χ4n) is 3.18. The zero-order chi connectivity index (χ0) is 9.31. The highest BCUT2D eigenvalue weighted by Gasteiger charge is 2.40. The van der Waals surface area contributed by atoms with E-state index in [9.17, 15) is 0 Å². The third-order valence-corrected chi connectivity index (χ3v) is 4.04. The summed E-state index contributed by atoms with van der Waals surface area (Å²) in [5.74, 6) is 0.712. The predicted molar refractivity (Wildman–Crippen MR) is 53.5 cm³/mol. The summed E-state index contributed by atoms with van der Waals surface area (Å²) in [5.41, 5.74) is 6.65. The summed E-state index contributed by atoms with van der Waals surface area (Å²) < 4.78 is 5.39. The topological polar surface area (TPSA) is 35.2 Å². The molecule has 0 bridgehead atoms.